The minimum atomic E-state index is -1.21. The van der Waals surface area contributed by atoms with Crippen molar-refractivity contribution in [1.82, 2.24) is 0 Å². The van der Waals surface area contributed by atoms with E-state index in [0.717, 1.165) is 20.8 Å². The molecule has 0 aliphatic carbocycles. The first-order valence-corrected chi connectivity index (χ1v) is 7.18. The number of hydrogen-bond donors (Lipinski definition) is 1. The van der Waals surface area contributed by atoms with Crippen LogP contribution in [0.4, 0.5) is 0 Å². The number of hydrogen-bond acceptors (Lipinski definition) is 10. The van der Waals surface area contributed by atoms with E-state index in [-0.39, 0.29) is 6.61 Å². The molecule has 1 fully saturated rings. The molecule has 3 unspecified atom stereocenters. The smallest absolute Gasteiger partial charge is 0.303 e. The molecule has 10 heteroatoms. The number of esters is 4. The lowest BCUT2D eigenvalue weighted by atomic mass is 9.97. The van der Waals surface area contributed by atoms with Crippen molar-refractivity contribution in [3.8, 4) is 0 Å². The van der Waals surface area contributed by atoms with Crippen LogP contribution in [0.1, 0.15) is 27.7 Å². The minimum Gasteiger partial charge on any atom is -0.463 e. The van der Waals surface area contributed by atoms with Crippen molar-refractivity contribution in [2.24, 2.45) is 5.73 Å². The fourth-order valence-electron chi connectivity index (χ4n) is 2.26. The van der Waals surface area contributed by atoms with E-state index < -0.39 is 54.5 Å². The van der Waals surface area contributed by atoms with Gasteiger partial charge in [-0.3, -0.25) is 19.2 Å². The Morgan fingerprint density at radius 1 is 0.792 bits per heavy atom. The van der Waals surface area contributed by atoms with Crippen LogP contribution in [0.15, 0.2) is 0 Å². The highest BCUT2D eigenvalue weighted by Gasteiger charge is 2.51. The summed E-state index contributed by atoms with van der Waals surface area (Å²) in [7, 11) is 0. The van der Waals surface area contributed by atoms with Crippen LogP contribution in [0.25, 0.3) is 0 Å². The molecule has 0 saturated carbocycles. The van der Waals surface area contributed by atoms with Crippen LogP contribution in [-0.4, -0.2) is 61.1 Å². The second-order valence-electron chi connectivity index (χ2n) is 5.16. The molecule has 1 aliphatic heterocycles. The zero-order chi connectivity index (χ0) is 18.4. The molecule has 2 N–H and O–H groups in total. The van der Waals surface area contributed by atoms with Gasteiger partial charge in [-0.05, 0) is 0 Å². The largest absolute Gasteiger partial charge is 0.463 e. The molecule has 0 amide bonds. The predicted molar refractivity (Wildman–Crippen MR) is 76.1 cm³/mol. The van der Waals surface area contributed by atoms with E-state index in [9.17, 15) is 19.2 Å². The van der Waals surface area contributed by atoms with E-state index in [1.165, 1.54) is 6.92 Å². The first-order valence-electron chi connectivity index (χ1n) is 7.18. The van der Waals surface area contributed by atoms with Gasteiger partial charge in [-0.15, -0.1) is 0 Å². The van der Waals surface area contributed by atoms with E-state index in [1.807, 2.05) is 0 Å². The van der Waals surface area contributed by atoms with Gasteiger partial charge in [-0.2, -0.15) is 0 Å². The Kier molecular flexibility index (Phi) is 7.11. The molecular formula is C14H21NO9. The highest BCUT2D eigenvalue weighted by molar-refractivity contribution is 5.68. The maximum absolute atomic E-state index is 11.4. The monoisotopic (exact) mass is 347 g/mol. The van der Waals surface area contributed by atoms with Crippen LogP contribution in [0.2, 0.25) is 0 Å². The van der Waals surface area contributed by atoms with Crippen molar-refractivity contribution in [3.05, 3.63) is 0 Å². The van der Waals surface area contributed by atoms with E-state index in [0.29, 0.717) is 0 Å². The molecule has 24 heavy (non-hydrogen) atoms. The molecule has 0 radical (unpaired) electrons. The highest BCUT2D eigenvalue weighted by atomic mass is 16.7. The van der Waals surface area contributed by atoms with Crippen molar-refractivity contribution in [2.75, 3.05) is 6.61 Å². The third kappa shape index (κ3) is 5.78. The third-order valence-electron chi connectivity index (χ3n) is 3.03. The molecule has 1 rings (SSSR count). The van der Waals surface area contributed by atoms with Crippen LogP contribution in [-0.2, 0) is 42.9 Å². The predicted octanol–water partition coefficient (Wildman–Crippen LogP) is -0.972. The van der Waals surface area contributed by atoms with Crippen molar-refractivity contribution in [3.63, 3.8) is 0 Å². The van der Waals surface area contributed by atoms with Gasteiger partial charge in [0.15, 0.2) is 18.3 Å². The summed E-state index contributed by atoms with van der Waals surface area (Å²) in [5.74, 6) is -2.66. The average Bonchev–Trinajstić information content (AvgIpc) is 2.42. The third-order valence-corrected chi connectivity index (χ3v) is 3.03. The molecule has 0 spiro atoms. The normalized spacial score (nSPS) is 29.3. The van der Waals surface area contributed by atoms with Crippen LogP contribution in [0.5, 0.6) is 0 Å². The number of carbonyl (C=O) groups is 4. The van der Waals surface area contributed by atoms with E-state index in [2.05, 4.69) is 0 Å². The van der Waals surface area contributed by atoms with Gasteiger partial charge in [0.2, 0.25) is 0 Å². The molecule has 0 bridgehead atoms. The first-order chi connectivity index (χ1) is 11.1. The second-order valence-corrected chi connectivity index (χ2v) is 5.16. The van der Waals surface area contributed by atoms with Gasteiger partial charge in [-0.25, -0.2) is 0 Å². The van der Waals surface area contributed by atoms with Gasteiger partial charge in [-0.1, -0.05) is 0 Å². The van der Waals surface area contributed by atoms with Crippen LogP contribution in [0, 0.1) is 0 Å². The Bertz CT molecular complexity index is 506. The Morgan fingerprint density at radius 2 is 1.25 bits per heavy atom. The van der Waals surface area contributed by atoms with Crippen molar-refractivity contribution in [2.45, 2.75) is 58.3 Å². The lowest BCUT2D eigenvalue weighted by Gasteiger charge is -2.43. The Balaban J connectivity index is 3.11. The molecule has 1 saturated heterocycles. The lowest BCUT2D eigenvalue weighted by Crippen LogP contribution is -2.64. The van der Waals surface area contributed by atoms with Crippen LogP contribution < -0.4 is 5.73 Å². The fourth-order valence-corrected chi connectivity index (χ4v) is 2.26. The number of rotatable bonds is 5. The van der Waals surface area contributed by atoms with Crippen molar-refractivity contribution in [1.29, 1.82) is 0 Å². The van der Waals surface area contributed by atoms with Gasteiger partial charge >= 0.3 is 23.9 Å². The number of ether oxygens (including phenoxy) is 5. The van der Waals surface area contributed by atoms with Crippen molar-refractivity contribution < 1.29 is 42.9 Å². The summed E-state index contributed by atoms with van der Waals surface area (Å²) in [6.45, 7) is 4.32. The molecular weight excluding hydrogens is 326 g/mol. The summed E-state index contributed by atoms with van der Waals surface area (Å²) in [5.41, 5.74) is 5.81. The van der Waals surface area contributed by atoms with Gasteiger partial charge < -0.3 is 29.4 Å². The average molecular weight is 347 g/mol. The summed E-state index contributed by atoms with van der Waals surface area (Å²) < 4.78 is 25.6. The van der Waals surface area contributed by atoms with Gasteiger partial charge in [0.25, 0.3) is 0 Å². The first kappa shape index (κ1) is 19.8. The molecule has 0 aromatic carbocycles. The molecule has 0 aromatic rings. The van der Waals surface area contributed by atoms with Crippen LogP contribution >= 0.6 is 0 Å². The van der Waals surface area contributed by atoms with E-state index in [1.54, 1.807) is 0 Å². The molecule has 5 atom stereocenters. The number of carbonyl (C=O) groups excluding carboxylic acids is 4. The molecule has 136 valence electrons. The molecule has 10 nitrogen and oxygen atoms in total. The zero-order valence-corrected chi connectivity index (χ0v) is 13.8. The number of nitrogens with two attached hydrogens (primary N) is 1. The SMILES string of the molecule is CC(=O)OCC1O[C@@H](N)C(OC(C)=O)C(OC(C)=O)[C@@H]1OC(C)=O. The summed E-state index contributed by atoms with van der Waals surface area (Å²) >= 11 is 0. The lowest BCUT2D eigenvalue weighted by molar-refractivity contribution is -0.251. The van der Waals surface area contributed by atoms with Gasteiger partial charge in [0, 0.05) is 27.7 Å². The summed E-state index contributed by atoms with van der Waals surface area (Å²) in [4.78, 5) is 45.0. The Hall–Kier alpha value is -2.20. The summed E-state index contributed by atoms with van der Waals surface area (Å²) in [6, 6.07) is 0. The molecule has 1 aliphatic rings. The highest BCUT2D eigenvalue weighted by Crippen LogP contribution is 2.27. The van der Waals surface area contributed by atoms with Crippen molar-refractivity contribution >= 4 is 23.9 Å². The van der Waals surface area contributed by atoms with Gasteiger partial charge in [0.05, 0.1) is 0 Å². The fraction of sp³-hybridized carbons (Fsp3) is 0.714. The minimum absolute atomic E-state index is 0.286. The van der Waals surface area contributed by atoms with E-state index in [4.69, 9.17) is 29.4 Å². The van der Waals surface area contributed by atoms with E-state index >= 15 is 0 Å². The molecule has 0 aromatic heterocycles. The maximum atomic E-state index is 11.4. The summed E-state index contributed by atoms with van der Waals surface area (Å²) in [5, 5.41) is 0. The quantitative estimate of drug-likeness (QED) is 0.487. The Labute approximate surface area is 138 Å². The Morgan fingerprint density at radius 3 is 1.71 bits per heavy atom. The summed E-state index contributed by atoms with van der Waals surface area (Å²) in [6.07, 6.45) is -5.74. The molecule has 1 heterocycles. The topological polar surface area (TPSA) is 140 Å². The zero-order valence-electron chi connectivity index (χ0n) is 13.8. The standard InChI is InChI=1S/C14H21NO9/c1-6(16)20-5-10-11(21-7(2)17)12(22-8(3)18)13(14(15)24-10)23-9(4)19/h10-14H,5,15H2,1-4H3/t10?,11-,12?,13?,14-/m1/s1. The maximum Gasteiger partial charge on any atom is 0.303 e. The second kappa shape index (κ2) is 8.60. The van der Waals surface area contributed by atoms with Crippen LogP contribution in [0.3, 0.4) is 0 Å². The van der Waals surface area contributed by atoms with Gasteiger partial charge in [0.1, 0.15) is 18.9 Å².